The van der Waals surface area contributed by atoms with E-state index in [9.17, 15) is 0 Å². The van der Waals surface area contributed by atoms with E-state index in [1.165, 1.54) is 0 Å². The predicted molar refractivity (Wildman–Crippen MR) is 86.6 cm³/mol. The first kappa shape index (κ1) is 14.0. The van der Waals surface area contributed by atoms with Gasteiger partial charge in [-0.15, -0.1) is 0 Å². The van der Waals surface area contributed by atoms with Crippen LogP contribution in [0.25, 0.3) is 16.7 Å². The van der Waals surface area contributed by atoms with Gasteiger partial charge >= 0.3 is 0 Å². The molecule has 6 heteroatoms. The van der Waals surface area contributed by atoms with Crippen LogP contribution in [0.4, 0.5) is 0 Å². The molecule has 0 fully saturated rings. The van der Waals surface area contributed by atoms with Gasteiger partial charge in [0.05, 0.1) is 30.9 Å². The van der Waals surface area contributed by atoms with Crippen molar-refractivity contribution >= 4 is 34.9 Å². The van der Waals surface area contributed by atoms with Crippen LogP contribution in [0.15, 0.2) is 36.4 Å². The van der Waals surface area contributed by atoms with Crippen molar-refractivity contribution in [2.45, 2.75) is 0 Å². The molecular weight excluding hydrogens is 308 g/mol. The van der Waals surface area contributed by atoms with Crippen LogP contribution >= 0.6 is 23.8 Å². The molecule has 1 aromatic heterocycles. The van der Waals surface area contributed by atoms with Gasteiger partial charge < -0.3 is 14.5 Å². The van der Waals surface area contributed by atoms with Gasteiger partial charge in [-0.05, 0) is 30.4 Å². The average molecular weight is 321 g/mol. The van der Waals surface area contributed by atoms with Crippen LogP contribution in [-0.4, -0.2) is 23.8 Å². The second kappa shape index (κ2) is 5.42. The summed E-state index contributed by atoms with van der Waals surface area (Å²) in [5.41, 5.74) is 2.68. The number of aromatic nitrogens is 2. The first-order valence-electron chi connectivity index (χ1n) is 6.26. The van der Waals surface area contributed by atoms with Gasteiger partial charge in [0.25, 0.3) is 0 Å². The monoisotopic (exact) mass is 320 g/mol. The number of nitrogens with zero attached hydrogens (tertiary/aromatic N) is 1. The summed E-state index contributed by atoms with van der Waals surface area (Å²) < 4.78 is 13.1. The van der Waals surface area contributed by atoms with Crippen molar-refractivity contribution in [2.75, 3.05) is 14.2 Å². The van der Waals surface area contributed by atoms with Crippen LogP contribution in [0.5, 0.6) is 11.5 Å². The highest BCUT2D eigenvalue weighted by molar-refractivity contribution is 7.71. The molecule has 4 nitrogen and oxygen atoms in total. The minimum Gasteiger partial charge on any atom is -0.497 e. The fourth-order valence-electron chi connectivity index (χ4n) is 2.25. The molecule has 0 radical (unpaired) electrons. The molecule has 0 bridgehead atoms. The highest BCUT2D eigenvalue weighted by Crippen LogP contribution is 2.28. The number of nitrogens with one attached hydrogen (secondary N) is 1. The van der Waals surface area contributed by atoms with E-state index in [-0.39, 0.29) is 0 Å². The third kappa shape index (κ3) is 2.50. The van der Waals surface area contributed by atoms with Gasteiger partial charge in [-0.25, -0.2) is 0 Å². The van der Waals surface area contributed by atoms with E-state index < -0.39 is 0 Å². The third-order valence-corrected chi connectivity index (χ3v) is 3.76. The molecule has 1 heterocycles. The lowest BCUT2D eigenvalue weighted by Crippen LogP contribution is -1.96. The molecule has 0 unspecified atom stereocenters. The maximum atomic E-state index is 6.09. The van der Waals surface area contributed by atoms with Gasteiger partial charge in [0.15, 0.2) is 4.77 Å². The molecule has 0 aliphatic rings. The van der Waals surface area contributed by atoms with E-state index in [0.29, 0.717) is 21.3 Å². The molecule has 108 valence electrons. The summed E-state index contributed by atoms with van der Waals surface area (Å²) in [5.74, 6) is 1.39. The zero-order valence-electron chi connectivity index (χ0n) is 11.5. The molecule has 2 aromatic carbocycles. The van der Waals surface area contributed by atoms with Crippen LogP contribution in [0.3, 0.4) is 0 Å². The Balaban J connectivity index is 2.31. The second-order valence-corrected chi connectivity index (χ2v) is 5.32. The summed E-state index contributed by atoms with van der Waals surface area (Å²) in [4.78, 5) is 3.17. The Morgan fingerprint density at radius 3 is 2.33 bits per heavy atom. The maximum Gasteiger partial charge on any atom is 0.182 e. The summed E-state index contributed by atoms with van der Waals surface area (Å²) in [6.45, 7) is 0. The van der Waals surface area contributed by atoms with E-state index in [0.717, 1.165) is 16.7 Å². The SMILES string of the molecule is COc1cc(OC)cc(-n2c(=S)[nH]c3ccc(Cl)cc32)c1. The third-order valence-electron chi connectivity index (χ3n) is 3.24. The number of hydrogen-bond acceptors (Lipinski definition) is 3. The number of H-pyrrole nitrogens is 1. The number of benzene rings is 2. The minimum absolute atomic E-state index is 0.586. The summed E-state index contributed by atoms with van der Waals surface area (Å²) in [7, 11) is 3.23. The first-order valence-corrected chi connectivity index (χ1v) is 7.04. The largest absolute Gasteiger partial charge is 0.497 e. The quantitative estimate of drug-likeness (QED) is 0.729. The minimum atomic E-state index is 0.586. The molecule has 0 saturated heterocycles. The van der Waals surface area contributed by atoms with Crippen molar-refractivity contribution in [3.8, 4) is 17.2 Å². The van der Waals surface area contributed by atoms with E-state index in [1.807, 2.05) is 41.0 Å². The molecule has 3 rings (SSSR count). The summed E-state index contributed by atoms with van der Waals surface area (Å²) >= 11 is 11.5. The highest BCUT2D eigenvalue weighted by atomic mass is 35.5. The van der Waals surface area contributed by atoms with Crippen molar-refractivity contribution in [3.05, 3.63) is 46.2 Å². The van der Waals surface area contributed by atoms with Crippen LogP contribution < -0.4 is 9.47 Å². The fraction of sp³-hybridized carbons (Fsp3) is 0.133. The predicted octanol–water partition coefficient (Wildman–Crippen LogP) is 4.36. The van der Waals surface area contributed by atoms with Crippen molar-refractivity contribution < 1.29 is 9.47 Å². The van der Waals surface area contributed by atoms with Gasteiger partial charge in [0.1, 0.15) is 11.5 Å². The Morgan fingerprint density at radius 1 is 1.05 bits per heavy atom. The van der Waals surface area contributed by atoms with Gasteiger partial charge in [-0.1, -0.05) is 11.6 Å². The molecular formula is C15H13ClN2O2S. The van der Waals surface area contributed by atoms with Gasteiger partial charge in [0, 0.05) is 23.2 Å². The smallest absolute Gasteiger partial charge is 0.182 e. The van der Waals surface area contributed by atoms with E-state index >= 15 is 0 Å². The van der Waals surface area contributed by atoms with Crippen molar-refractivity contribution in [1.29, 1.82) is 0 Å². The van der Waals surface area contributed by atoms with Crippen molar-refractivity contribution in [3.63, 3.8) is 0 Å². The zero-order chi connectivity index (χ0) is 15.0. The van der Waals surface area contributed by atoms with Crippen LogP contribution in [-0.2, 0) is 0 Å². The fourth-order valence-corrected chi connectivity index (χ4v) is 2.73. The Labute approximate surface area is 131 Å². The first-order chi connectivity index (χ1) is 10.1. The zero-order valence-corrected chi connectivity index (χ0v) is 13.1. The van der Waals surface area contributed by atoms with Crippen molar-refractivity contribution in [2.24, 2.45) is 0 Å². The van der Waals surface area contributed by atoms with Crippen LogP contribution in [0, 0.1) is 4.77 Å². The molecule has 0 atom stereocenters. The molecule has 0 spiro atoms. The molecule has 0 amide bonds. The normalized spacial score (nSPS) is 10.8. The standard InChI is InChI=1S/C15H13ClN2O2S/c1-19-11-6-10(7-12(8-11)20-2)18-14-5-9(16)3-4-13(14)17-15(18)21/h3-8H,1-2H3,(H,17,21). The van der Waals surface area contributed by atoms with Gasteiger partial charge in [-0.3, -0.25) is 4.57 Å². The Morgan fingerprint density at radius 2 is 1.71 bits per heavy atom. The van der Waals surface area contributed by atoms with Gasteiger partial charge in [-0.2, -0.15) is 0 Å². The lowest BCUT2D eigenvalue weighted by atomic mass is 10.2. The van der Waals surface area contributed by atoms with Crippen LogP contribution in [0.1, 0.15) is 0 Å². The summed E-state index contributed by atoms with van der Waals surface area (Å²) in [6.07, 6.45) is 0. The molecule has 0 aliphatic heterocycles. The van der Waals surface area contributed by atoms with Crippen molar-refractivity contribution in [1.82, 2.24) is 9.55 Å². The number of halogens is 1. The second-order valence-electron chi connectivity index (χ2n) is 4.50. The summed E-state index contributed by atoms with van der Waals surface area (Å²) in [6, 6.07) is 11.2. The number of imidazole rings is 1. The highest BCUT2D eigenvalue weighted by Gasteiger charge is 2.10. The number of aromatic amines is 1. The number of hydrogen-bond donors (Lipinski definition) is 1. The maximum absolute atomic E-state index is 6.09. The number of rotatable bonds is 3. The topological polar surface area (TPSA) is 39.2 Å². The number of fused-ring (bicyclic) bond motifs is 1. The average Bonchev–Trinajstić information content (AvgIpc) is 2.81. The lowest BCUT2D eigenvalue weighted by molar-refractivity contribution is 0.394. The lowest BCUT2D eigenvalue weighted by Gasteiger charge is -2.10. The number of ether oxygens (including phenoxy) is 2. The van der Waals surface area contributed by atoms with Gasteiger partial charge in [0.2, 0.25) is 0 Å². The number of methoxy groups -OCH3 is 2. The molecule has 1 N–H and O–H groups in total. The Bertz CT molecular complexity index is 847. The molecule has 0 saturated carbocycles. The molecule has 0 aliphatic carbocycles. The Hall–Kier alpha value is -1.98. The summed E-state index contributed by atoms with van der Waals surface area (Å²) in [5, 5.41) is 0.653. The van der Waals surface area contributed by atoms with E-state index in [2.05, 4.69) is 4.98 Å². The molecule has 21 heavy (non-hydrogen) atoms. The van der Waals surface area contributed by atoms with E-state index in [4.69, 9.17) is 33.3 Å². The van der Waals surface area contributed by atoms with Crippen LogP contribution in [0.2, 0.25) is 5.02 Å². The van der Waals surface area contributed by atoms with E-state index in [1.54, 1.807) is 14.2 Å². The Kier molecular flexibility index (Phi) is 3.61. The molecule has 3 aromatic rings.